The number of nitrogens with one attached hydrogen (secondary N) is 1. The summed E-state index contributed by atoms with van der Waals surface area (Å²) in [6, 6.07) is 11.8. The Bertz CT molecular complexity index is 900. The maximum Gasteiger partial charge on any atom is 0.321 e. The largest absolute Gasteiger partial charge is 0.480 e. The molecule has 4 unspecified atom stereocenters. The van der Waals surface area contributed by atoms with E-state index >= 15 is 0 Å². The first-order chi connectivity index (χ1) is 13.0. The van der Waals surface area contributed by atoms with Crippen LogP contribution >= 0.6 is 27.3 Å². The van der Waals surface area contributed by atoms with E-state index in [1.54, 1.807) is 0 Å². The van der Waals surface area contributed by atoms with Crippen LogP contribution in [0.2, 0.25) is 0 Å². The van der Waals surface area contributed by atoms with Gasteiger partial charge < -0.3 is 5.11 Å². The first-order valence-electron chi connectivity index (χ1n) is 8.60. The van der Waals surface area contributed by atoms with Crippen LogP contribution in [0.25, 0.3) is 0 Å². The highest BCUT2D eigenvalue weighted by Crippen LogP contribution is 2.46. The van der Waals surface area contributed by atoms with Gasteiger partial charge in [-0.05, 0) is 40.0 Å². The summed E-state index contributed by atoms with van der Waals surface area (Å²) in [6.07, 6.45) is 0.554. The minimum Gasteiger partial charge on any atom is -0.480 e. The number of halogens is 1. The highest BCUT2D eigenvalue weighted by molar-refractivity contribution is 9.11. The molecule has 0 aliphatic carbocycles. The van der Waals surface area contributed by atoms with Crippen LogP contribution in [0.3, 0.4) is 0 Å². The van der Waals surface area contributed by atoms with E-state index in [0.29, 0.717) is 6.42 Å². The second kappa shape index (κ2) is 7.18. The lowest BCUT2D eigenvalue weighted by molar-refractivity contribution is -0.146. The summed E-state index contributed by atoms with van der Waals surface area (Å²) in [7, 11) is 0. The molecule has 140 valence electrons. The van der Waals surface area contributed by atoms with E-state index in [0.717, 1.165) is 14.2 Å². The van der Waals surface area contributed by atoms with E-state index in [9.17, 15) is 19.5 Å². The van der Waals surface area contributed by atoms with E-state index in [2.05, 4.69) is 21.2 Å². The maximum atomic E-state index is 13.0. The maximum absolute atomic E-state index is 13.0. The molecule has 1 aromatic carbocycles. The monoisotopic (exact) mass is 448 g/mol. The quantitative estimate of drug-likeness (QED) is 0.685. The van der Waals surface area contributed by atoms with Crippen LogP contribution in [0.5, 0.6) is 0 Å². The summed E-state index contributed by atoms with van der Waals surface area (Å²) in [5, 5.41) is 12.6. The van der Waals surface area contributed by atoms with Gasteiger partial charge in [0.2, 0.25) is 11.8 Å². The number of rotatable bonds is 5. The molecule has 2 aromatic rings. The zero-order valence-corrected chi connectivity index (χ0v) is 16.6. The topological polar surface area (TPSA) is 86.7 Å². The van der Waals surface area contributed by atoms with Crippen LogP contribution in [0.4, 0.5) is 0 Å². The van der Waals surface area contributed by atoms with Crippen LogP contribution < -0.4 is 5.32 Å². The molecule has 27 heavy (non-hydrogen) atoms. The van der Waals surface area contributed by atoms with E-state index in [-0.39, 0.29) is 18.4 Å². The van der Waals surface area contributed by atoms with Crippen LogP contribution in [0.15, 0.2) is 46.3 Å². The number of likely N-dealkylation sites (tertiary alicyclic amines) is 1. The fourth-order valence-corrected chi connectivity index (χ4v) is 5.49. The first kappa shape index (κ1) is 18.3. The number of carbonyl (C=O) groups excluding carboxylic acids is 2. The van der Waals surface area contributed by atoms with Gasteiger partial charge in [-0.1, -0.05) is 30.3 Å². The zero-order valence-electron chi connectivity index (χ0n) is 14.2. The lowest BCUT2D eigenvalue weighted by atomic mass is 9.89. The molecular formula is C19H17BrN2O4S. The van der Waals surface area contributed by atoms with Gasteiger partial charge in [-0.15, -0.1) is 11.3 Å². The van der Waals surface area contributed by atoms with Gasteiger partial charge in [0.05, 0.1) is 21.7 Å². The van der Waals surface area contributed by atoms with E-state index < -0.39 is 29.9 Å². The predicted molar refractivity (Wildman–Crippen MR) is 103 cm³/mol. The molecule has 8 heteroatoms. The predicted octanol–water partition coefficient (Wildman–Crippen LogP) is 2.45. The second-order valence-electron chi connectivity index (χ2n) is 6.72. The number of carboxylic acids is 1. The Hall–Kier alpha value is -2.03. The van der Waals surface area contributed by atoms with Crippen molar-refractivity contribution in [3.8, 4) is 0 Å². The van der Waals surface area contributed by atoms with Crippen molar-refractivity contribution < 1.29 is 19.5 Å². The molecular weight excluding hydrogens is 432 g/mol. The molecule has 0 saturated carbocycles. The normalized spacial score (nSPS) is 27.2. The molecule has 4 rings (SSSR count). The van der Waals surface area contributed by atoms with Crippen molar-refractivity contribution in [1.29, 1.82) is 0 Å². The number of imide groups is 1. The first-order valence-corrected chi connectivity index (χ1v) is 10.2. The number of hydrogen-bond acceptors (Lipinski definition) is 5. The summed E-state index contributed by atoms with van der Waals surface area (Å²) in [5.74, 6) is -3.32. The van der Waals surface area contributed by atoms with Gasteiger partial charge >= 0.3 is 5.97 Å². The molecule has 2 aliphatic heterocycles. The highest BCUT2D eigenvalue weighted by atomic mass is 79.9. The van der Waals surface area contributed by atoms with Crippen LogP contribution in [-0.4, -0.2) is 40.4 Å². The third-order valence-electron chi connectivity index (χ3n) is 5.20. The summed E-state index contributed by atoms with van der Waals surface area (Å²) in [5.41, 5.74) is 1.03. The Kier molecular flexibility index (Phi) is 4.88. The number of nitrogens with zero attached hydrogens (tertiary/aromatic N) is 1. The van der Waals surface area contributed by atoms with Gasteiger partial charge in [-0.3, -0.25) is 24.6 Å². The Labute approximate surface area is 168 Å². The molecule has 1 aromatic heterocycles. The molecule has 6 nitrogen and oxygen atoms in total. The van der Waals surface area contributed by atoms with Crippen molar-refractivity contribution in [2.45, 2.75) is 18.5 Å². The number of benzene rings is 1. The Morgan fingerprint density at radius 1 is 1.11 bits per heavy atom. The SMILES string of the molecule is O=C(O)C1NC(c2ccc(Br)s2)C2C(=O)N(CCc3ccccc3)C(=O)C12. The summed E-state index contributed by atoms with van der Waals surface area (Å²) < 4.78 is 0.896. The van der Waals surface area contributed by atoms with E-state index in [1.807, 2.05) is 42.5 Å². The van der Waals surface area contributed by atoms with Crippen molar-refractivity contribution in [3.63, 3.8) is 0 Å². The summed E-state index contributed by atoms with van der Waals surface area (Å²) in [4.78, 5) is 39.8. The molecule has 2 aliphatic rings. The Morgan fingerprint density at radius 3 is 2.44 bits per heavy atom. The molecule has 2 N–H and O–H groups in total. The fraction of sp³-hybridized carbons (Fsp3) is 0.316. The van der Waals surface area contributed by atoms with Crippen molar-refractivity contribution in [1.82, 2.24) is 10.2 Å². The minimum atomic E-state index is -1.10. The Morgan fingerprint density at radius 2 is 1.81 bits per heavy atom. The van der Waals surface area contributed by atoms with Crippen LogP contribution in [0, 0.1) is 11.8 Å². The van der Waals surface area contributed by atoms with Gasteiger partial charge in [-0.25, -0.2) is 0 Å². The molecule has 0 spiro atoms. The van der Waals surface area contributed by atoms with Gasteiger partial charge in [-0.2, -0.15) is 0 Å². The zero-order chi connectivity index (χ0) is 19.1. The van der Waals surface area contributed by atoms with Crippen molar-refractivity contribution in [2.24, 2.45) is 11.8 Å². The third-order valence-corrected chi connectivity index (χ3v) is 6.91. The lowest BCUT2D eigenvalue weighted by Crippen LogP contribution is -2.43. The molecule has 3 heterocycles. The molecule has 0 radical (unpaired) electrons. The number of carbonyl (C=O) groups is 3. The number of hydrogen-bond donors (Lipinski definition) is 2. The summed E-state index contributed by atoms with van der Waals surface area (Å²) in [6.45, 7) is 0.266. The lowest BCUT2D eigenvalue weighted by Gasteiger charge is -2.20. The van der Waals surface area contributed by atoms with E-state index in [4.69, 9.17) is 0 Å². The highest BCUT2D eigenvalue weighted by Gasteiger charge is 2.61. The average molecular weight is 449 g/mol. The van der Waals surface area contributed by atoms with Crippen molar-refractivity contribution >= 4 is 45.1 Å². The number of fused-ring (bicyclic) bond motifs is 1. The fourth-order valence-electron chi connectivity index (χ4n) is 3.96. The molecule has 2 fully saturated rings. The standard InChI is InChI=1S/C19H17BrN2O4S/c20-12-7-6-11(27-12)15-13-14(16(21-15)19(25)26)18(24)22(17(13)23)9-8-10-4-2-1-3-5-10/h1-7,13-16,21H,8-9H2,(H,25,26). The van der Waals surface area contributed by atoms with Crippen LogP contribution in [0.1, 0.15) is 16.5 Å². The second-order valence-corrected chi connectivity index (χ2v) is 9.21. The molecule has 2 saturated heterocycles. The van der Waals surface area contributed by atoms with Gasteiger partial charge in [0.25, 0.3) is 0 Å². The smallest absolute Gasteiger partial charge is 0.321 e. The van der Waals surface area contributed by atoms with Gasteiger partial charge in [0.1, 0.15) is 6.04 Å². The van der Waals surface area contributed by atoms with Gasteiger partial charge in [0.15, 0.2) is 0 Å². The summed E-state index contributed by atoms with van der Waals surface area (Å²) >= 11 is 4.84. The molecule has 2 amide bonds. The number of amides is 2. The van der Waals surface area contributed by atoms with Gasteiger partial charge in [0, 0.05) is 11.4 Å². The van der Waals surface area contributed by atoms with Crippen molar-refractivity contribution in [3.05, 3.63) is 56.7 Å². The van der Waals surface area contributed by atoms with Crippen LogP contribution in [-0.2, 0) is 20.8 Å². The third kappa shape index (κ3) is 3.22. The Balaban J connectivity index is 1.60. The number of aliphatic carboxylic acids is 1. The average Bonchev–Trinajstić information content (AvgIpc) is 3.31. The van der Waals surface area contributed by atoms with E-state index in [1.165, 1.54) is 16.2 Å². The number of carboxylic acid groups (broad SMARTS) is 1. The number of thiophene rings is 1. The molecule has 4 atom stereocenters. The molecule has 0 bridgehead atoms. The van der Waals surface area contributed by atoms with Crippen molar-refractivity contribution in [2.75, 3.05) is 6.54 Å². The minimum absolute atomic E-state index is 0.266.